The second-order valence-corrected chi connectivity index (χ2v) is 22.5. The summed E-state index contributed by atoms with van der Waals surface area (Å²) in [6.07, 6.45) is -1.67. The Labute approximate surface area is 307 Å². The number of carbonyl (C=O) groups excluding carboxylic acids is 6. The Kier molecular flexibility index (Phi) is 19.9. The monoisotopic (exact) mass is 850 g/mol. The van der Waals surface area contributed by atoms with Gasteiger partial charge in [0.1, 0.15) is 0 Å². The fraction of sp³-hybridized carbons (Fsp3) is 0.812. The van der Waals surface area contributed by atoms with E-state index < -0.39 is 82.5 Å². The number of hydrogen-bond acceptors (Lipinski definition) is 12. The molecule has 0 saturated carbocycles. The molecule has 0 spiro atoms. The Morgan fingerprint density at radius 3 is 1.02 bits per heavy atom. The summed E-state index contributed by atoms with van der Waals surface area (Å²) in [6.45, 7) is 20.5. The molecule has 0 heterocycles. The molecule has 0 aromatic rings. The number of alkyl carbamates (subject to hydrolysis) is 2. The molecule has 0 radical (unpaired) electrons. The van der Waals surface area contributed by atoms with Crippen molar-refractivity contribution in [3.63, 3.8) is 0 Å². The van der Waals surface area contributed by atoms with E-state index in [4.69, 9.17) is 28.4 Å². The first-order valence-electron chi connectivity index (χ1n) is 15.9. The topological polar surface area (TPSA) is 206 Å². The van der Waals surface area contributed by atoms with Crippen LogP contribution in [0, 0.1) is 0 Å². The van der Waals surface area contributed by atoms with Crippen molar-refractivity contribution in [1.29, 1.82) is 0 Å². The van der Waals surface area contributed by atoms with Crippen molar-refractivity contribution < 1.29 is 57.2 Å². The maximum absolute atomic E-state index is 13.4. The van der Waals surface area contributed by atoms with E-state index in [2.05, 4.69) is 21.3 Å². The van der Waals surface area contributed by atoms with Crippen LogP contribution in [0.5, 0.6) is 0 Å². The minimum atomic E-state index is -1.15. The van der Waals surface area contributed by atoms with E-state index in [1.54, 1.807) is 83.1 Å². The van der Waals surface area contributed by atoms with Gasteiger partial charge in [0.15, 0.2) is 0 Å². The van der Waals surface area contributed by atoms with Crippen molar-refractivity contribution in [3.05, 3.63) is 0 Å². The fourth-order valence-corrected chi connectivity index (χ4v) is 10.4. The van der Waals surface area contributed by atoms with E-state index in [9.17, 15) is 28.8 Å². The zero-order valence-electron chi connectivity index (χ0n) is 31.9. The molecule has 4 N–H and O–H groups in total. The molecule has 18 heteroatoms. The molecule has 0 aliphatic rings. The van der Waals surface area contributed by atoms with Gasteiger partial charge in [0.05, 0.1) is 0 Å². The average molecular weight is 849 g/mol. The van der Waals surface area contributed by atoms with Crippen molar-refractivity contribution in [3.8, 4) is 0 Å². The van der Waals surface area contributed by atoms with Crippen LogP contribution in [0.2, 0.25) is 10.6 Å². The number of nitrogens with one attached hydrogen (secondary N) is 4. The first-order valence-corrected chi connectivity index (χ1v) is 22.7. The first kappa shape index (κ1) is 47.4. The van der Waals surface area contributed by atoms with Crippen LogP contribution in [0.1, 0.15) is 83.1 Å². The molecule has 0 aromatic carbocycles. The average Bonchev–Trinajstić information content (AvgIpc) is 2.94. The molecular weight excluding hydrogens is 790 g/mol. The Morgan fingerprint density at radius 1 is 0.480 bits per heavy atom. The molecule has 0 bridgehead atoms. The van der Waals surface area contributed by atoms with Crippen LogP contribution in [0.4, 0.5) is 9.59 Å². The van der Waals surface area contributed by atoms with Gasteiger partial charge in [-0.3, -0.25) is 0 Å². The third-order valence-electron chi connectivity index (χ3n) is 5.54. The van der Waals surface area contributed by atoms with E-state index in [-0.39, 0.29) is 50.1 Å². The normalized spacial score (nSPS) is 14.6. The fourth-order valence-electron chi connectivity index (χ4n) is 3.33. The van der Waals surface area contributed by atoms with Gasteiger partial charge in [-0.05, 0) is 0 Å². The van der Waals surface area contributed by atoms with E-state index in [1.165, 1.54) is 14.2 Å². The molecule has 0 aromatic heterocycles. The van der Waals surface area contributed by atoms with Gasteiger partial charge in [-0.15, -0.1) is 0 Å². The molecule has 290 valence electrons. The zero-order valence-corrected chi connectivity index (χ0v) is 35.3. The number of esters is 2. The summed E-state index contributed by atoms with van der Waals surface area (Å²) in [6, 6.07) is -4.52. The number of amides is 4. The zero-order chi connectivity index (χ0) is 39.1. The Bertz CT molecular complexity index is 1060. The summed E-state index contributed by atoms with van der Waals surface area (Å²) >= 11 is -0.699. The molecule has 4 atom stereocenters. The molecule has 0 unspecified atom stereocenters. The number of carbonyl (C=O) groups is 6. The summed E-state index contributed by atoms with van der Waals surface area (Å²) in [5.74, 6) is -2.79. The van der Waals surface area contributed by atoms with Crippen molar-refractivity contribution in [2.45, 2.75) is 140 Å². The molecular formula is C32H58N4O12Se2. The standard InChI is InChI=1S/C32H58N4O12Se2/c1-29(2,3)45-15-19(25(39)43-13)33-23(37)21(35-27(41)47-31(7,8)9)17-49-50-18-22(36-28(42)48-32(10,11)12)24(38)34-20(26(40)44-14)16-46-30(4,5)6/h19-22H,15-18H2,1-14H3,(H,33,37)(H,34,38)(H,35,41)(H,36,42)/t19-,20-,21-,22-/m0/s1. The summed E-state index contributed by atoms with van der Waals surface area (Å²) in [5.41, 5.74) is -2.90. The van der Waals surface area contributed by atoms with Crippen LogP contribution in [-0.4, -0.2) is 136 Å². The number of hydrogen-bond donors (Lipinski definition) is 4. The SMILES string of the molecule is COC(=O)[C@H](COC(C)(C)C)NC(=O)[C@H](C[Se][Se]C[C@H](NC(=O)OC(C)(C)C)C(=O)N[C@@H](COC(C)(C)C)C(=O)OC)NC(=O)OC(C)(C)C. The van der Waals surface area contributed by atoms with Crippen molar-refractivity contribution >= 4 is 62.2 Å². The first-order chi connectivity index (χ1) is 22.7. The van der Waals surface area contributed by atoms with E-state index >= 15 is 0 Å². The maximum atomic E-state index is 13.4. The van der Waals surface area contributed by atoms with E-state index in [1.807, 2.05) is 0 Å². The van der Waals surface area contributed by atoms with Gasteiger partial charge in [-0.1, -0.05) is 0 Å². The molecule has 0 saturated heterocycles. The van der Waals surface area contributed by atoms with Gasteiger partial charge in [0.2, 0.25) is 0 Å². The van der Waals surface area contributed by atoms with Crippen molar-refractivity contribution in [2.24, 2.45) is 0 Å². The Balaban J connectivity index is 5.99. The summed E-state index contributed by atoms with van der Waals surface area (Å²) in [7, 11) is 2.37. The summed E-state index contributed by atoms with van der Waals surface area (Å²) < 4.78 is 31.8. The molecule has 0 rings (SSSR count). The quantitative estimate of drug-likeness (QED) is 0.0717. The summed E-state index contributed by atoms with van der Waals surface area (Å²) in [5, 5.41) is 10.6. The Hall–Kier alpha value is -2.62. The Morgan fingerprint density at radius 2 is 0.780 bits per heavy atom. The van der Waals surface area contributed by atoms with Gasteiger partial charge in [-0.2, -0.15) is 0 Å². The molecule has 16 nitrogen and oxygen atoms in total. The molecule has 0 fully saturated rings. The number of ether oxygens (including phenoxy) is 6. The number of rotatable bonds is 17. The van der Waals surface area contributed by atoms with Crippen molar-refractivity contribution in [1.82, 2.24) is 21.3 Å². The predicted molar refractivity (Wildman–Crippen MR) is 187 cm³/mol. The second-order valence-electron chi connectivity index (χ2n) is 15.0. The van der Waals surface area contributed by atoms with Crippen LogP contribution < -0.4 is 21.3 Å². The summed E-state index contributed by atoms with van der Waals surface area (Å²) in [4.78, 5) is 77.2. The number of methoxy groups -OCH3 is 2. The van der Waals surface area contributed by atoms with Crippen LogP contribution >= 0.6 is 0 Å². The third-order valence-corrected chi connectivity index (χ3v) is 12.6. The molecule has 0 aliphatic carbocycles. The van der Waals surface area contributed by atoms with E-state index in [0.29, 0.717) is 0 Å². The molecule has 0 aliphatic heterocycles. The molecule has 4 amide bonds. The minimum absolute atomic E-state index is 0.150. The van der Waals surface area contributed by atoms with Gasteiger partial charge < -0.3 is 0 Å². The van der Waals surface area contributed by atoms with Gasteiger partial charge in [-0.25, -0.2) is 0 Å². The van der Waals surface area contributed by atoms with Crippen molar-refractivity contribution in [2.75, 3.05) is 27.4 Å². The van der Waals surface area contributed by atoms with Gasteiger partial charge in [0.25, 0.3) is 0 Å². The molecule has 50 heavy (non-hydrogen) atoms. The van der Waals surface area contributed by atoms with Gasteiger partial charge >= 0.3 is 308 Å². The van der Waals surface area contributed by atoms with Gasteiger partial charge in [0, 0.05) is 0 Å². The third kappa shape index (κ3) is 23.0. The van der Waals surface area contributed by atoms with Crippen LogP contribution in [-0.2, 0) is 47.6 Å². The van der Waals surface area contributed by atoms with Crippen LogP contribution in [0.25, 0.3) is 0 Å². The second kappa shape index (κ2) is 21.0. The predicted octanol–water partition coefficient (Wildman–Crippen LogP) is 1.88. The van der Waals surface area contributed by atoms with Crippen LogP contribution in [0.3, 0.4) is 0 Å². The van der Waals surface area contributed by atoms with E-state index in [0.717, 1.165) is 0 Å². The van der Waals surface area contributed by atoms with Crippen LogP contribution in [0.15, 0.2) is 0 Å².